The van der Waals surface area contributed by atoms with Crippen molar-refractivity contribution < 1.29 is 27.4 Å². The summed E-state index contributed by atoms with van der Waals surface area (Å²) in [5.41, 5.74) is 1.61. The second-order valence-electron chi connectivity index (χ2n) is 8.05. The van der Waals surface area contributed by atoms with E-state index in [9.17, 15) is 18.0 Å². The molecule has 1 atom stereocenters. The van der Waals surface area contributed by atoms with Crippen molar-refractivity contribution >= 4 is 5.91 Å². The fraction of sp³-hybridized carbons (Fsp3) is 0.545. The lowest BCUT2D eigenvalue weighted by Gasteiger charge is -2.38. The zero-order valence-corrected chi connectivity index (χ0v) is 17.6. The second-order valence-corrected chi connectivity index (χ2v) is 8.05. The third-order valence-electron chi connectivity index (χ3n) is 6.02. The van der Waals surface area contributed by atoms with Crippen LogP contribution in [0.1, 0.15) is 41.8 Å². The predicted molar refractivity (Wildman–Crippen MR) is 107 cm³/mol. The molecule has 31 heavy (non-hydrogen) atoms. The van der Waals surface area contributed by atoms with Crippen LogP contribution >= 0.6 is 0 Å². The van der Waals surface area contributed by atoms with Gasteiger partial charge in [0.1, 0.15) is 0 Å². The van der Waals surface area contributed by atoms with Gasteiger partial charge in [0.25, 0.3) is 0 Å². The Hall–Kier alpha value is -2.39. The molecule has 2 fully saturated rings. The number of rotatable bonds is 4. The maximum atomic E-state index is 13.2. The molecule has 1 aromatic carbocycles. The molecule has 6 nitrogen and oxygen atoms in total. The highest BCUT2D eigenvalue weighted by Gasteiger charge is 2.36. The molecule has 168 valence electrons. The molecule has 1 unspecified atom stereocenters. The standard InChI is InChI=1S/C22H26F3N3O3/c1-14-18(13-20(29)27-9-4-3-8-19(27)21-30-10-11-31-21)15(2)28(26-14)17-7-5-6-16(12-17)22(23,24)25/h5-7,12,19,21H,3-4,8-11,13H2,1-2H3. The Morgan fingerprint density at radius 2 is 1.94 bits per heavy atom. The van der Waals surface area contributed by atoms with Crippen LogP contribution in [-0.4, -0.2) is 52.7 Å². The van der Waals surface area contributed by atoms with E-state index in [4.69, 9.17) is 9.47 Å². The molecule has 2 aliphatic rings. The van der Waals surface area contributed by atoms with Crippen molar-refractivity contribution in [2.24, 2.45) is 0 Å². The second kappa shape index (κ2) is 8.63. The van der Waals surface area contributed by atoms with Gasteiger partial charge in [-0.1, -0.05) is 6.07 Å². The van der Waals surface area contributed by atoms with E-state index in [0.717, 1.165) is 37.0 Å². The molecular formula is C22H26F3N3O3. The number of aromatic nitrogens is 2. The quantitative estimate of drug-likeness (QED) is 0.730. The van der Waals surface area contributed by atoms with Crippen molar-refractivity contribution in [2.75, 3.05) is 19.8 Å². The molecule has 0 aliphatic carbocycles. The number of aryl methyl sites for hydroxylation is 1. The van der Waals surface area contributed by atoms with Crippen molar-refractivity contribution in [1.29, 1.82) is 0 Å². The van der Waals surface area contributed by atoms with Crippen LogP contribution in [-0.2, 0) is 26.9 Å². The number of amides is 1. The van der Waals surface area contributed by atoms with Gasteiger partial charge in [-0.2, -0.15) is 18.3 Å². The number of carbonyl (C=O) groups is 1. The normalized spacial score (nSPS) is 20.4. The lowest BCUT2D eigenvalue weighted by Crippen LogP contribution is -2.50. The minimum Gasteiger partial charge on any atom is -0.348 e. The topological polar surface area (TPSA) is 56.6 Å². The molecular weight excluding hydrogens is 411 g/mol. The van der Waals surface area contributed by atoms with Crippen LogP contribution < -0.4 is 0 Å². The zero-order valence-electron chi connectivity index (χ0n) is 17.6. The lowest BCUT2D eigenvalue weighted by molar-refractivity contribution is -0.150. The molecule has 2 aliphatic heterocycles. The van der Waals surface area contributed by atoms with Gasteiger partial charge >= 0.3 is 6.18 Å². The van der Waals surface area contributed by atoms with Crippen molar-refractivity contribution in [2.45, 2.75) is 58.0 Å². The van der Waals surface area contributed by atoms with E-state index in [2.05, 4.69) is 5.10 Å². The average molecular weight is 437 g/mol. The minimum absolute atomic E-state index is 0.0430. The minimum atomic E-state index is -4.43. The van der Waals surface area contributed by atoms with E-state index in [1.54, 1.807) is 19.9 Å². The maximum absolute atomic E-state index is 13.2. The summed E-state index contributed by atoms with van der Waals surface area (Å²) in [4.78, 5) is 15.0. The molecule has 1 aromatic heterocycles. The molecule has 1 amide bonds. The van der Waals surface area contributed by atoms with Gasteiger partial charge in [0.2, 0.25) is 5.91 Å². The third kappa shape index (κ3) is 4.48. The number of benzene rings is 1. The van der Waals surface area contributed by atoms with Gasteiger partial charge in [-0.05, 0) is 51.3 Å². The largest absolute Gasteiger partial charge is 0.416 e. The fourth-order valence-electron chi connectivity index (χ4n) is 4.40. The number of ether oxygens (including phenoxy) is 2. The van der Waals surface area contributed by atoms with E-state index in [-0.39, 0.29) is 24.7 Å². The predicted octanol–water partition coefficient (Wildman–Crippen LogP) is 3.80. The lowest BCUT2D eigenvalue weighted by atomic mass is 10.00. The number of hydrogen-bond acceptors (Lipinski definition) is 4. The van der Waals surface area contributed by atoms with Crippen molar-refractivity contribution in [3.8, 4) is 5.69 Å². The van der Waals surface area contributed by atoms with Crippen LogP contribution in [0, 0.1) is 13.8 Å². The van der Waals surface area contributed by atoms with Crippen molar-refractivity contribution in [1.82, 2.24) is 14.7 Å². The highest BCUT2D eigenvalue weighted by molar-refractivity contribution is 5.80. The first-order valence-corrected chi connectivity index (χ1v) is 10.5. The Bertz CT molecular complexity index is 951. The molecule has 0 spiro atoms. The molecule has 2 saturated heterocycles. The first-order chi connectivity index (χ1) is 14.8. The van der Waals surface area contributed by atoms with Crippen LogP contribution in [0.25, 0.3) is 5.69 Å². The summed E-state index contributed by atoms with van der Waals surface area (Å²) < 4.78 is 52.1. The molecule has 2 aromatic rings. The van der Waals surface area contributed by atoms with Gasteiger partial charge in [0.05, 0.1) is 42.6 Å². The van der Waals surface area contributed by atoms with Crippen LogP contribution in [0.15, 0.2) is 24.3 Å². The number of likely N-dealkylation sites (tertiary alicyclic amines) is 1. The average Bonchev–Trinajstić information content (AvgIpc) is 3.37. The van der Waals surface area contributed by atoms with E-state index < -0.39 is 11.7 Å². The highest BCUT2D eigenvalue weighted by Crippen LogP contribution is 2.31. The van der Waals surface area contributed by atoms with Crippen LogP contribution in [0.3, 0.4) is 0 Å². The first kappa shape index (κ1) is 21.8. The maximum Gasteiger partial charge on any atom is 0.416 e. The molecule has 0 saturated carbocycles. The van der Waals surface area contributed by atoms with Crippen LogP contribution in [0.2, 0.25) is 0 Å². The summed E-state index contributed by atoms with van der Waals surface area (Å²) in [5.74, 6) is -0.0430. The van der Waals surface area contributed by atoms with Gasteiger partial charge in [-0.15, -0.1) is 0 Å². The fourth-order valence-corrected chi connectivity index (χ4v) is 4.40. The molecule has 0 bridgehead atoms. The Morgan fingerprint density at radius 1 is 1.19 bits per heavy atom. The Labute approximate surface area is 178 Å². The van der Waals surface area contributed by atoms with Gasteiger partial charge < -0.3 is 14.4 Å². The summed E-state index contributed by atoms with van der Waals surface area (Å²) in [5, 5.41) is 4.43. The van der Waals surface area contributed by atoms with Crippen LogP contribution in [0.4, 0.5) is 13.2 Å². The van der Waals surface area contributed by atoms with Gasteiger partial charge in [0, 0.05) is 17.8 Å². The van der Waals surface area contributed by atoms with E-state index in [1.165, 1.54) is 10.7 Å². The summed E-state index contributed by atoms with van der Waals surface area (Å²) in [6.07, 6.45) is -1.91. The molecule has 9 heteroatoms. The highest BCUT2D eigenvalue weighted by atomic mass is 19.4. The monoisotopic (exact) mass is 437 g/mol. The molecule has 0 N–H and O–H groups in total. The van der Waals surface area contributed by atoms with E-state index in [0.29, 0.717) is 36.8 Å². The number of hydrogen-bond donors (Lipinski definition) is 0. The Kier molecular flexibility index (Phi) is 6.07. The van der Waals surface area contributed by atoms with Crippen molar-refractivity contribution in [3.05, 3.63) is 46.8 Å². The van der Waals surface area contributed by atoms with E-state index >= 15 is 0 Å². The first-order valence-electron chi connectivity index (χ1n) is 10.5. The van der Waals surface area contributed by atoms with Gasteiger partial charge in [-0.3, -0.25) is 4.79 Å². The Balaban J connectivity index is 1.57. The smallest absolute Gasteiger partial charge is 0.348 e. The number of nitrogens with zero attached hydrogens (tertiary/aromatic N) is 3. The number of carbonyl (C=O) groups excluding carboxylic acids is 1. The third-order valence-corrected chi connectivity index (χ3v) is 6.02. The van der Waals surface area contributed by atoms with Crippen LogP contribution in [0.5, 0.6) is 0 Å². The number of alkyl halides is 3. The van der Waals surface area contributed by atoms with E-state index in [1.807, 2.05) is 4.90 Å². The van der Waals surface area contributed by atoms with Crippen molar-refractivity contribution in [3.63, 3.8) is 0 Å². The molecule has 3 heterocycles. The SMILES string of the molecule is Cc1nn(-c2cccc(C(F)(F)F)c2)c(C)c1CC(=O)N1CCCCC1C1OCCO1. The van der Waals surface area contributed by atoms with Gasteiger partial charge in [-0.25, -0.2) is 4.68 Å². The summed E-state index contributed by atoms with van der Waals surface area (Å²) in [6.45, 7) is 5.26. The summed E-state index contributed by atoms with van der Waals surface area (Å²) in [6, 6.07) is 4.93. The zero-order chi connectivity index (χ0) is 22.2. The Morgan fingerprint density at radius 3 is 2.65 bits per heavy atom. The summed E-state index contributed by atoms with van der Waals surface area (Å²) in [7, 11) is 0. The molecule has 4 rings (SSSR count). The molecule has 0 radical (unpaired) electrons. The number of piperidine rings is 1. The van der Waals surface area contributed by atoms with Gasteiger partial charge in [0.15, 0.2) is 6.29 Å². The summed E-state index contributed by atoms with van der Waals surface area (Å²) >= 11 is 0. The number of halogens is 3.